The summed E-state index contributed by atoms with van der Waals surface area (Å²) in [6.45, 7) is 2.34. The largest absolute Gasteiger partial charge is 0.351 e. The van der Waals surface area contributed by atoms with Crippen LogP contribution in [-0.2, 0) is 0 Å². The van der Waals surface area contributed by atoms with Crippen LogP contribution >= 0.6 is 22.7 Å². The fourth-order valence-corrected chi connectivity index (χ4v) is 6.10. The molecule has 0 spiro atoms. The lowest BCUT2D eigenvalue weighted by Gasteiger charge is -2.32. The van der Waals surface area contributed by atoms with E-state index in [0.717, 1.165) is 75.9 Å². The molecule has 4 heterocycles. The number of thiophene rings is 1. The van der Waals surface area contributed by atoms with Crippen molar-refractivity contribution in [1.82, 2.24) is 20.2 Å². The van der Waals surface area contributed by atoms with Crippen molar-refractivity contribution in [3.63, 3.8) is 0 Å². The highest BCUT2D eigenvalue weighted by atomic mass is 32.1. The molecule has 1 aliphatic rings. The first-order valence-electron chi connectivity index (χ1n) is 11.4. The topological polar surface area (TPSA) is 75.2 Å². The summed E-state index contributed by atoms with van der Waals surface area (Å²) in [7, 11) is 0. The highest BCUT2D eigenvalue weighted by molar-refractivity contribution is 7.20. The Hall–Kier alpha value is -2.84. The second-order valence-electron chi connectivity index (χ2n) is 8.55. The van der Waals surface area contributed by atoms with Gasteiger partial charge in [0.15, 0.2) is 0 Å². The normalized spacial score (nSPS) is 14.7. The number of nitrogens with zero attached hydrogens (tertiary/aromatic N) is 3. The van der Waals surface area contributed by atoms with Crippen LogP contribution in [0.25, 0.3) is 20.3 Å². The number of benzene rings is 1. The number of rotatable bonds is 7. The first-order chi connectivity index (χ1) is 16.2. The summed E-state index contributed by atoms with van der Waals surface area (Å²) < 4.78 is 2.10. The quantitative estimate of drug-likeness (QED) is 0.363. The maximum absolute atomic E-state index is 12.9. The Morgan fingerprint density at radius 3 is 2.82 bits per heavy atom. The van der Waals surface area contributed by atoms with Crippen molar-refractivity contribution in [3.05, 3.63) is 58.7 Å². The number of carbonyl (C=O) groups is 2. The second kappa shape index (κ2) is 9.97. The van der Waals surface area contributed by atoms with Crippen LogP contribution < -0.4 is 5.32 Å². The standard InChI is InChI=1S/C25H26N4O2S2/c30-24(22-13-18-6-10-26-15-23(18)33-22)27-9-2-1-3-17-7-11-29(12-8-17)25(31)19-4-5-20-21(14-19)32-16-28-20/h4-6,10,13-17H,1-3,7-9,11-12H2,(H,27,30). The summed E-state index contributed by atoms with van der Waals surface area (Å²) >= 11 is 3.05. The van der Waals surface area contributed by atoms with E-state index in [1.807, 2.05) is 40.7 Å². The molecule has 0 aliphatic carbocycles. The van der Waals surface area contributed by atoms with Crippen LogP contribution in [0, 0.1) is 5.92 Å². The third kappa shape index (κ3) is 5.07. The Morgan fingerprint density at radius 2 is 1.97 bits per heavy atom. The molecule has 4 aromatic rings. The molecule has 33 heavy (non-hydrogen) atoms. The number of carbonyl (C=O) groups excluding carboxylic acids is 2. The van der Waals surface area contributed by atoms with Crippen LogP contribution in [0.2, 0.25) is 0 Å². The minimum Gasteiger partial charge on any atom is -0.351 e. The molecule has 1 aromatic carbocycles. The molecule has 0 saturated carbocycles. The molecule has 6 nitrogen and oxygen atoms in total. The monoisotopic (exact) mass is 478 g/mol. The third-order valence-electron chi connectivity index (χ3n) is 6.35. The molecular weight excluding hydrogens is 452 g/mol. The van der Waals surface area contributed by atoms with E-state index in [0.29, 0.717) is 12.5 Å². The molecule has 1 aliphatic heterocycles. The first kappa shape index (κ1) is 22.0. The van der Waals surface area contributed by atoms with E-state index in [4.69, 9.17) is 0 Å². The van der Waals surface area contributed by atoms with Crippen molar-refractivity contribution >= 4 is 54.8 Å². The van der Waals surface area contributed by atoms with Gasteiger partial charge in [0.05, 0.1) is 25.3 Å². The van der Waals surface area contributed by atoms with Gasteiger partial charge in [0, 0.05) is 37.6 Å². The number of unbranched alkanes of at least 4 members (excludes halogenated alkanes) is 1. The fraction of sp³-hybridized carbons (Fsp3) is 0.360. The molecule has 2 amide bonds. The molecule has 0 radical (unpaired) electrons. The minimum atomic E-state index is -0.000428. The van der Waals surface area contributed by atoms with Gasteiger partial charge in [-0.2, -0.15) is 0 Å². The van der Waals surface area contributed by atoms with Gasteiger partial charge in [-0.1, -0.05) is 12.8 Å². The minimum absolute atomic E-state index is 0.000428. The van der Waals surface area contributed by atoms with E-state index in [-0.39, 0.29) is 11.8 Å². The van der Waals surface area contributed by atoms with E-state index in [2.05, 4.69) is 15.3 Å². The van der Waals surface area contributed by atoms with Crippen molar-refractivity contribution in [3.8, 4) is 0 Å². The highest BCUT2D eigenvalue weighted by Crippen LogP contribution is 2.26. The van der Waals surface area contributed by atoms with Crippen molar-refractivity contribution < 1.29 is 9.59 Å². The third-order valence-corrected chi connectivity index (χ3v) is 8.23. The van der Waals surface area contributed by atoms with Crippen molar-refractivity contribution in [2.45, 2.75) is 32.1 Å². The molecule has 0 unspecified atom stereocenters. The van der Waals surface area contributed by atoms with Crippen LogP contribution in [0.3, 0.4) is 0 Å². The molecule has 0 bridgehead atoms. The van der Waals surface area contributed by atoms with Crippen LogP contribution in [0.1, 0.15) is 52.1 Å². The number of hydrogen-bond donors (Lipinski definition) is 1. The molecule has 1 saturated heterocycles. The number of aromatic nitrogens is 2. The fourth-order valence-electron chi connectivity index (χ4n) is 4.44. The Kier molecular flexibility index (Phi) is 6.64. The van der Waals surface area contributed by atoms with Gasteiger partial charge in [-0.25, -0.2) is 4.98 Å². The van der Waals surface area contributed by atoms with E-state index in [9.17, 15) is 9.59 Å². The average molecular weight is 479 g/mol. The smallest absolute Gasteiger partial charge is 0.261 e. The molecule has 0 atom stereocenters. The lowest BCUT2D eigenvalue weighted by atomic mass is 9.91. The predicted molar refractivity (Wildman–Crippen MR) is 134 cm³/mol. The Bertz CT molecular complexity index is 1240. The number of likely N-dealkylation sites (tertiary alicyclic amines) is 1. The van der Waals surface area contributed by atoms with Crippen molar-refractivity contribution in [2.24, 2.45) is 5.92 Å². The van der Waals surface area contributed by atoms with Crippen LogP contribution in [0.4, 0.5) is 0 Å². The number of thiazole rings is 1. The summed E-state index contributed by atoms with van der Waals surface area (Å²) in [6.07, 6.45) is 8.88. The molecule has 170 valence electrons. The number of amides is 2. The lowest BCUT2D eigenvalue weighted by Crippen LogP contribution is -2.38. The Balaban J connectivity index is 1.01. The zero-order valence-corrected chi connectivity index (χ0v) is 20.0. The molecule has 8 heteroatoms. The zero-order valence-electron chi connectivity index (χ0n) is 18.3. The number of pyridine rings is 1. The summed E-state index contributed by atoms with van der Waals surface area (Å²) in [4.78, 5) is 36.4. The van der Waals surface area contributed by atoms with E-state index >= 15 is 0 Å². The van der Waals surface area contributed by atoms with Crippen LogP contribution in [-0.4, -0.2) is 46.3 Å². The van der Waals surface area contributed by atoms with E-state index in [1.165, 1.54) is 11.3 Å². The van der Waals surface area contributed by atoms with Crippen molar-refractivity contribution in [2.75, 3.05) is 19.6 Å². The van der Waals surface area contributed by atoms with E-state index in [1.54, 1.807) is 23.7 Å². The molecule has 1 N–H and O–H groups in total. The zero-order chi connectivity index (χ0) is 22.6. The summed E-state index contributed by atoms with van der Waals surface area (Å²) in [5, 5.41) is 4.11. The number of piperidine rings is 1. The van der Waals surface area contributed by atoms with Crippen molar-refractivity contribution in [1.29, 1.82) is 0 Å². The Morgan fingerprint density at radius 1 is 1.09 bits per heavy atom. The van der Waals surface area contributed by atoms with Gasteiger partial charge in [0.25, 0.3) is 11.8 Å². The summed E-state index contributed by atoms with van der Waals surface area (Å²) in [5.41, 5.74) is 3.53. The number of fused-ring (bicyclic) bond motifs is 2. The number of nitrogens with one attached hydrogen (secondary N) is 1. The lowest BCUT2D eigenvalue weighted by molar-refractivity contribution is 0.0686. The maximum Gasteiger partial charge on any atom is 0.261 e. The predicted octanol–water partition coefficient (Wildman–Crippen LogP) is 5.36. The van der Waals surface area contributed by atoms with Crippen LogP contribution in [0.5, 0.6) is 0 Å². The van der Waals surface area contributed by atoms with E-state index < -0.39 is 0 Å². The first-order valence-corrected chi connectivity index (χ1v) is 13.1. The molecule has 3 aromatic heterocycles. The molecule has 1 fully saturated rings. The number of hydrogen-bond acceptors (Lipinski definition) is 6. The molecular formula is C25H26N4O2S2. The van der Waals surface area contributed by atoms with Gasteiger partial charge in [-0.05, 0) is 60.9 Å². The summed E-state index contributed by atoms with van der Waals surface area (Å²) in [5.74, 6) is 0.784. The summed E-state index contributed by atoms with van der Waals surface area (Å²) in [6, 6.07) is 9.65. The highest BCUT2D eigenvalue weighted by Gasteiger charge is 2.23. The van der Waals surface area contributed by atoms with Gasteiger partial charge in [0.2, 0.25) is 0 Å². The second-order valence-corrected chi connectivity index (χ2v) is 10.5. The van der Waals surface area contributed by atoms with Gasteiger partial charge < -0.3 is 10.2 Å². The molecule has 5 rings (SSSR count). The van der Waals surface area contributed by atoms with Gasteiger partial charge in [-0.15, -0.1) is 22.7 Å². The van der Waals surface area contributed by atoms with Crippen LogP contribution in [0.15, 0.2) is 48.2 Å². The van der Waals surface area contributed by atoms with Gasteiger partial charge >= 0.3 is 0 Å². The van der Waals surface area contributed by atoms with Gasteiger partial charge in [0.1, 0.15) is 0 Å². The van der Waals surface area contributed by atoms with Gasteiger partial charge in [-0.3, -0.25) is 14.6 Å². The average Bonchev–Trinajstić information content (AvgIpc) is 3.50. The Labute approximate surface area is 200 Å². The SMILES string of the molecule is O=C(NCCCCC1CCN(C(=O)c2ccc3ncsc3c2)CC1)c1cc2ccncc2s1. The maximum atomic E-state index is 12.9.